The summed E-state index contributed by atoms with van der Waals surface area (Å²) in [5.41, 5.74) is -5.59. The van der Waals surface area contributed by atoms with Gasteiger partial charge >= 0.3 is 10.4 Å². The van der Waals surface area contributed by atoms with Crippen LogP contribution in [0.3, 0.4) is 0 Å². The monoisotopic (exact) mass is 608 g/mol. The third kappa shape index (κ3) is 5.02. The van der Waals surface area contributed by atoms with Gasteiger partial charge in [0.05, 0.1) is 36.6 Å². The van der Waals surface area contributed by atoms with Gasteiger partial charge in [-0.15, -0.1) is 0 Å². The molecule has 0 heterocycles. The summed E-state index contributed by atoms with van der Waals surface area (Å²) in [6.45, 7) is 8.15. The standard InChI is InChI=1S/C28H48O12S/c1-13(6-7-14(2)27(5,35)12-29)17-20(32)21(33)23-26(17,4)11-9-16-25(3)10-8-15(30)19(31)18(25)22(40-41(37,38)39)24(34)28(16,23)36/h6-7,13-24,29-36H,8-12H2,1-5H3,(H,37,38,39). The summed E-state index contributed by atoms with van der Waals surface area (Å²) in [4.78, 5) is 0. The van der Waals surface area contributed by atoms with Gasteiger partial charge < -0.3 is 40.9 Å². The number of fused-ring (bicyclic) bond motifs is 5. The Labute approximate surface area is 241 Å². The van der Waals surface area contributed by atoms with Gasteiger partial charge in [0.15, 0.2) is 0 Å². The molecular weight excluding hydrogens is 560 g/mol. The van der Waals surface area contributed by atoms with Crippen LogP contribution in [0.2, 0.25) is 0 Å². The zero-order valence-corrected chi connectivity index (χ0v) is 25.1. The Morgan fingerprint density at radius 2 is 1.56 bits per heavy atom. The summed E-state index contributed by atoms with van der Waals surface area (Å²) >= 11 is 0. The number of allylic oxidation sites excluding steroid dienone is 1. The van der Waals surface area contributed by atoms with E-state index in [1.54, 1.807) is 26.0 Å². The van der Waals surface area contributed by atoms with Crippen molar-refractivity contribution in [1.82, 2.24) is 0 Å². The first-order valence-electron chi connectivity index (χ1n) is 14.5. The highest BCUT2D eigenvalue weighted by molar-refractivity contribution is 7.80. The summed E-state index contributed by atoms with van der Waals surface area (Å²) in [5, 5.41) is 88.5. The van der Waals surface area contributed by atoms with Crippen molar-refractivity contribution in [1.29, 1.82) is 0 Å². The second kappa shape index (κ2) is 10.7. The molecule has 16 unspecified atom stereocenters. The highest BCUT2D eigenvalue weighted by Gasteiger charge is 2.77. The van der Waals surface area contributed by atoms with E-state index in [-0.39, 0.29) is 18.8 Å². The van der Waals surface area contributed by atoms with Gasteiger partial charge in [-0.1, -0.05) is 39.8 Å². The number of aliphatic hydroxyl groups is 8. The second-order valence-corrected chi connectivity index (χ2v) is 15.1. The number of hydrogen-bond donors (Lipinski definition) is 9. The van der Waals surface area contributed by atoms with Crippen LogP contribution in [0.4, 0.5) is 0 Å². The van der Waals surface area contributed by atoms with Crippen molar-refractivity contribution in [3.63, 3.8) is 0 Å². The van der Waals surface area contributed by atoms with E-state index in [9.17, 15) is 53.8 Å². The lowest BCUT2D eigenvalue weighted by Gasteiger charge is -2.68. The molecule has 0 aromatic carbocycles. The van der Waals surface area contributed by atoms with Crippen LogP contribution in [0, 0.1) is 46.3 Å². The van der Waals surface area contributed by atoms with Gasteiger partial charge in [0, 0.05) is 17.8 Å². The predicted octanol–water partition coefficient (Wildman–Crippen LogP) is -0.626. The summed E-state index contributed by atoms with van der Waals surface area (Å²) in [6.07, 6.45) is -4.84. The van der Waals surface area contributed by atoms with E-state index < -0.39 is 105 Å². The van der Waals surface area contributed by atoms with Crippen LogP contribution in [-0.4, -0.2) is 108 Å². The van der Waals surface area contributed by atoms with Gasteiger partial charge in [0.2, 0.25) is 0 Å². The SMILES string of the molecule is CC(C=CC(C)C(C)(O)CO)C1C(O)C(O)C2C1(C)CCC1C3(C)CCC(O)C(O)C3C(OS(=O)(=O)O)C(O)C12O. The molecule has 4 aliphatic rings. The molecule has 12 nitrogen and oxygen atoms in total. The van der Waals surface area contributed by atoms with E-state index in [1.807, 2.05) is 13.8 Å². The first-order chi connectivity index (χ1) is 18.7. The van der Waals surface area contributed by atoms with Gasteiger partial charge in [-0.3, -0.25) is 4.55 Å². The molecular formula is C28H48O12S. The first-order valence-corrected chi connectivity index (χ1v) is 15.8. The van der Waals surface area contributed by atoms with Crippen LogP contribution in [0.15, 0.2) is 12.2 Å². The Kier molecular flexibility index (Phi) is 8.68. The van der Waals surface area contributed by atoms with Crippen molar-refractivity contribution < 1.29 is 58.0 Å². The molecule has 0 spiro atoms. The van der Waals surface area contributed by atoms with Crippen molar-refractivity contribution in [2.24, 2.45) is 46.3 Å². The highest BCUT2D eigenvalue weighted by Crippen LogP contribution is 2.70. The van der Waals surface area contributed by atoms with Crippen LogP contribution < -0.4 is 0 Å². The third-order valence-corrected chi connectivity index (χ3v) is 12.3. The van der Waals surface area contributed by atoms with Gasteiger partial charge in [-0.05, 0) is 61.2 Å². The van der Waals surface area contributed by atoms with E-state index in [0.717, 1.165) is 0 Å². The summed E-state index contributed by atoms with van der Waals surface area (Å²) < 4.78 is 38.4. The van der Waals surface area contributed by atoms with E-state index in [2.05, 4.69) is 0 Å². The van der Waals surface area contributed by atoms with E-state index in [1.165, 1.54) is 6.92 Å². The molecule has 0 bridgehead atoms. The lowest BCUT2D eigenvalue weighted by molar-refractivity contribution is -0.318. The Hall–Kier alpha value is -0.710. The molecule has 4 rings (SSSR count). The van der Waals surface area contributed by atoms with Crippen LogP contribution in [0.1, 0.15) is 60.3 Å². The molecule has 4 fully saturated rings. The summed E-state index contributed by atoms with van der Waals surface area (Å²) in [7, 11) is -5.18. The van der Waals surface area contributed by atoms with E-state index >= 15 is 0 Å². The van der Waals surface area contributed by atoms with Crippen molar-refractivity contribution in [2.45, 2.75) is 108 Å². The zero-order valence-electron chi connectivity index (χ0n) is 24.3. The van der Waals surface area contributed by atoms with Crippen molar-refractivity contribution in [2.75, 3.05) is 6.61 Å². The van der Waals surface area contributed by atoms with Crippen molar-refractivity contribution in [3.8, 4) is 0 Å². The minimum Gasteiger partial charge on any atom is -0.393 e. The Bertz CT molecular complexity index is 1110. The molecule has 9 N–H and O–H groups in total. The van der Waals surface area contributed by atoms with Gasteiger partial charge in [0.1, 0.15) is 17.8 Å². The van der Waals surface area contributed by atoms with Crippen LogP contribution >= 0.6 is 0 Å². The maximum Gasteiger partial charge on any atom is 0.397 e. The van der Waals surface area contributed by atoms with Gasteiger partial charge in [-0.25, -0.2) is 4.18 Å². The molecule has 41 heavy (non-hydrogen) atoms. The number of hydrogen-bond acceptors (Lipinski definition) is 11. The fourth-order valence-electron chi connectivity index (χ4n) is 9.51. The predicted molar refractivity (Wildman–Crippen MR) is 145 cm³/mol. The Morgan fingerprint density at radius 3 is 2.12 bits per heavy atom. The smallest absolute Gasteiger partial charge is 0.393 e. The van der Waals surface area contributed by atoms with Crippen LogP contribution in [0.25, 0.3) is 0 Å². The summed E-state index contributed by atoms with van der Waals surface area (Å²) in [6, 6.07) is 0. The molecule has 238 valence electrons. The lowest BCUT2D eigenvalue weighted by Crippen LogP contribution is -2.77. The third-order valence-electron chi connectivity index (χ3n) is 11.8. The topological polar surface area (TPSA) is 225 Å². The highest BCUT2D eigenvalue weighted by atomic mass is 32.3. The molecule has 0 aliphatic heterocycles. The minimum atomic E-state index is -5.18. The van der Waals surface area contributed by atoms with Crippen LogP contribution in [0.5, 0.6) is 0 Å². The number of rotatable bonds is 7. The molecule has 4 aliphatic carbocycles. The zero-order chi connectivity index (χ0) is 31.1. The fourth-order valence-corrected chi connectivity index (χ4v) is 10.0. The van der Waals surface area contributed by atoms with Gasteiger partial charge in [0.25, 0.3) is 0 Å². The molecule has 4 saturated carbocycles. The minimum absolute atomic E-state index is 0.142. The fraction of sp³-hybridized carbons (Fsp3) is 0.929. The molecule has 16 atom stereocenters. The number of aliphatic hydroxyl groups excluding tert-OH is 6. The van der Waals surface area contributed by atoms with Crippen molar-refractivity contribution in [3.05, 3.63) is 12.2 Å². The van der Waals surface area contributed by atoms with Gasteiger partial charge in [-0.2, -0.15) is 8.42 Å². The van der Waals surface area contributed by atoms with Crippen molar-refractivity contribution >= 4 is 10.4 Å². The van der Waals surface area contributed by atoms with E-state index in [0.29, 0.717) is 12.8 Å². The Balaban J connectivity index is 1.79. The molecule has 0 radical (unpaired) electrons. The largest absolute Gasteiger partial charge is 0.397 e. The maximum atomic E-state index is 12.6. The summed E-state index contributed by atoms with van der Waals surface area (Å²) in [5.74, 6) is -4.53. The molecule has 0 aromatic rings. The van der Waals surface area contributed by atoms with Crippen LogP contribution in [-0.2, 0) is 14.6 Å². The second-order valence-electron chi connectivity index (χ2n) is 14.1. The molecule has 0 aromatic heterocycles. The Morgan fingerprint density at radius 1 is 0.976 bits per heavy atom. The maximum absolute atomic E-state index is 12.6. The molecule has 13 heteroatoms. The average molecular weight is 609 g/mol. The first kappa shape index (κ1) is 33.2. The normalized spacial score (nSPS) is 51.4. The molecule has 0 saturated heterocycles. The lowest BCUT2D eigenvalue weighted by atomic mass is 9.40. The average Bonchev–Trinajstić information content (AvgIpc) is 3.07. The molecule has 0 amide bonds. The quantitative estimate of drug-likeness (QED) is 0.130. The van der Waals surface area contributed by atoms with E-state index in [4.69, 9.17) is 4.18 Å².